The highest BCUT2D eigenvalue weighted by molar-refractivity contribution is 5.82. The van der Waals surface area contributed by atoms with Crippen LogP contribution in [-0.4, -0.2) is 37.0 Å². The maximum absolute atomic E-state index is 12.7. The summed E-state index contributed by atoms with van der Waals surface area (Å²) < 4.78 is 0. The predicted molar refractivity (Wildman–Crippen MR) is 81.4 cm³/mol. The maximum Gasteiger partial charge on any atom is 0.239 e. The Labute approximate surface area is 123 Å². The third-order valence-corrected chi connectivity index (χ3v) is 5.87. The number of hydrogen-bond acceptors (Lipinski definition) is 2. The Morgan fingerprint density at radius 2 is 2.10 bits per heavy atom. The van der Waals surface area contributed by atoms with Gasteiger partial charge in [0.15, 0.2) is 0 Å². The number of hydrogen-bond donors (Lipinski definition) is 1. The minimum Gasteiger partial charge on any atom is -0.341 e. The second kappa shape index (κ2) is 5.32. The second-order valence-electron chi connectivity index (χ2n) is 8.11. The van der Waals surface area contributed by atoms with Crippen molar-refractivity contribution >= 4 is 5.91 Å². The molecule has 1 amide bonds. The van der Waals surface area contributed by atoms with Gasteiger partial charge in [0.05, 0.1) is 6.04 Å². The van der Waals surface area contributed by atoms with Gasteiger partial charge in [0.25, 0.3) is 0 Å². The van der Waals surface area contributed by atoms with Crippen LogP contribution in [0.1, 0.15) is 52.4 Å². The van der Waals surface area contributed by atoms with E-state index in [0.29, 0.717) is 5.91 Å². The van der Waals surface area contributed by atoms with Crippen LogP contribution in [0.4, 0.5) is 0 Å². The third-order valence-electron chi connectivity index (χ3n) is 5.87. The van der Waals surface area contributed by atoms with Crippen LogP contribution in [0.25, 0.3) is 0 Å². The molecule has 3 nitrogen and oxygen atoms in total. The number of fused-ring (bicyclic) bond motifs is 1. The molecule has 20 heavy (non-hydrogen) atoms. The van der Waals surface area contributed by atoms with Crippen LogP contribution >= 0.6 is 0 Å². The SMILES string of the molecule is CNC1CCC(C)(C)CN(CC2CCCC3CC32)C1=O. The lowest BCUT2D eigenvalue weighted by Gasteiger charge is -2.34. The van der Waals surface area contributed by atoms with Crippen molar-refractivity contribution in [1.29, 1.82) is 0 Å². The lowest BCUT2D eigenvalue weighted by atomic mass is 9.86. The molecule has 2 aliphatic carbocycles. The summed E-state index contributed by atoms with van der Waals surface area (Å²) in [5.74, 6) is 3.07. The summed E-state index contributed by atoms with van der Waals surface area (Å²) in [5, 5.41) is 3.23. The summed E-state index contributed by atoms with van der Waals surface area (Å²) in [6.45, 7) is 6.58. The first kappa shape index (κ1) is 14.4. The van der Waals surface area contributed by atoms with Crippen LogP contribution < -0.4 is 5.32 Å². The van der Waals surface area contributed by atoms with Gasteiger partial charge in [-0.25, -0.2) is 0 Å². The number of carbonyl (C=O) groups is 1. The molecule has 0 aromatic heterocycles. The summed E-state index contributed by atoms with van der Waals surface area (Å²) >= 11 is 0. The normalized spacial score (nSPS) is 40.1. The fraction of sp³-hybridized carbons (Fsp3) is 0.941. The van der Waals surface area contributed by atoms with Crippen LogP contribution in [0.5, 0.6) is 0 Å². The molecule has 0 bridgehead atoms. The van der Waals surface area contributed by atoms with Gasteiger partial charge in [0, 0.05) is 13.1 Å². The Morgan fingerprint density at radius 3 is 2.85 bits per heavy atom. The largest absolute Gasteiger partial charge is 0.341 e. The van der Waals surface area contributed by atoms with Gasteiger partial charge in [-0.15, -0.1) is 0 Å². The zero-order valence-electron chi connectivity index (χ0n) is 13.3. The molecule has 0 aromatic rings. The summed E-state index contributed by atoms with van der Waals surface area (Å²) in [7, 11) is 1.93. The number of carbonyl (C=O) groups excluding carboxylic acids is 1. The van der Waals surface area contributed by atoms with Gasteiger partial charge in [-0.3, -0.25) is 4.79 Å². The van der Waals surface area contributed by atoms with E-state index in [2.05, 4.69) is 24.1 Å². The molecule has 1 heterocycles. The Bertz CT molecular complexity index is 379. The first-order valence-electron chi connectivity index (χ1n) is 8.46. The summed E-state index contributed by atoms with van der Waals surface area (Å²) in [6, 6.07) is 0.0374. The molecular formula is C17H30N2O. The van der Waals surface area contributed by atoms with Crippen molar-refractivity contribution in [2.75, 3.05) is 20.1 Å². The Kier molecular flexibility index (Phi) is 3.83. The molecule has 1 aliphatic heterocycles. The average molecular weight is 278 g/mol. The topological polar surface area (TPSA) is 32.3 Å². The predicted octanol–water partition coefficient (Wildman–Crippen LogP) is 2.66. The highest BCUT2D eigenvalue weighted by Gasteiger charge is 2.46. The molecule has 0 aromatic carbocycles. The van der Waals surface area contributed by atoms with Crippen LogP contribution in [0.15, 0.2) is 0 Å². The molecule has 3 heteroatoms. The van der Waals surface area contributed by atoms with E-state index in [-0.39, 0.29) is 11.5 Å². The van der Waals surface area contributed by atoms with Gasteiger partial charge in [-0.2, -0.15) is 0 Å². The maximum atomic E-state index is 12.7. The van der Waals surface area contributed by atoms with E-state index in [4.69, 9.17) is 0 Å². The average Bonchev–Trinajstić information content (AvgIpc) is 3.18. The second-order valence-corrected chi connectivity index (χ2v) is 8.11. The van der Waals surface area contributed by atoms with E-state index in [1.165, 1.54) is 25.7 Å². The molecular weight excluding hydrogens is 248 g/mol. The monoisotopic (exact) mass is 278 g/mol. The van der Waals surface area contributed by atoms with Crippen molar-refractivity contribution in [3.8, 4) is 0 Å². The van der Waals surface area contributed by atoms with Crippen molar-refractivity contribution < 1.29 is 4.79 Å². The Morgan fingerprint density at radius 1 is 1.30 bits per heavy atom. The summed E-state index contributed by atoms with van der Waals surface area (Å²) in [4.78, 5) is 14.9. The van der Waals surface area contributed by atoms with Crippen molar-refractivity contribution in [3.63, 3.8) is 0 Å². The lowest BCUT2D eigenvalue weighted by Crippen LogP contribution is -2.47. The fourth-order valence-corrected chi connectivity index (χ4v) is 4.52. The smallest absolute Gasteiger partial charge is 0.239 e. The molecule has 1 saturated heterocycles. The molecule has 3 rings (SSSR count). The Hall–Kier alpha value is -0.570. The van der Waals surface area contributed by atoms with Gasteiger partial charge < -0.3 is 10.2 Å². The molecule has 3 aliphatic rings. The minimum absolute atomic E-state index is 0.0374. The quantitative estimate of drug-likeness (QED) is 0.861. The molecule has 0 spiro atoms. The number of likely N-dealkylation sites (tertiary alicyclic amines) is 1. The molecule has 0 radical (unpaired) electrons. The first-order chi connectivity index (χ1) is 9.50. The lowest BCUT2D eigenvalue weighted by molar-refractivity contribution is -0.134. The van der Waals surface area contributed by atoms with E-state index >= 15 is 0 Å². The summed E-state index contributed by atoms with van der Waals surface area (Å²) in [6.07, 6.45) is 7.72. The number of rotatable bonds is 3. The Balaban J connectivity index is 1.69. The van der Waals surface area contributed by atoms with E-state index in [1.54, 1.807) is 0 Å². The van der Waals surface area contributed by atoms with Crippen LogP contribution in [0, 0.1) is 23.2 Å². The number of amides is 1. The highest BCUT2D eigenvalue weighted by Crippen LogP contribution is 2.53. The van der Waals surface area contributed by atoms with Crippen molar-refractivity contribution in [3.05, 3.63) is 0 Å². The van der Waals surface area contributed by atoms with Gasteiger partial charge in [-0.1, -0.05) is 26.7 Å². The fourth-order valence-electron chi connectivity index (χ4n) is 4.52. The van der Waals surface area contributed by atoms with Crippen LogP contribution in [0.3, 0.4) is 0 Å². The molecule has 4 unspecified atom stereocenters. The standard InChI is InChI=1S/C17H30N2O/c1-17(2)8-7-15(18-3)16(20)19(11-17)10-13-6-4-5-12-9-14(12)13/h12-15,18H,4-11H2,1-3H3. The molecule has 1 N–H and O–H groups in total. The molecule has 3 fully saturated rings. The van der Waals surface area contributed by atoms with Crippen molar-refractivity contribution in [2.24, 2.45) is 23.2 Å². The van der Waals surface area contributed by atoms with Gasteiger partial charge >= 0.3 is 0 Å². The first-order valence-corrected chi connectivity index (χ1v) is 8.46. The van der Waals surface area contributed by atoms with Gasteiger partial charge in [0.1, 0.15) is 0 Å². The zero-order chi connectivity index (χ0) is 14.3. The van der Waals surface area contributed by atoms with Crippen LogP contribution in [-0.2, 0) is 4.79 Å². The van der Waals surface area contributed by atoms with E-state index in [9.17, 15) is 4.79 Å². The number of likely N-dealkylation sites (N-methyl/N-ethyl adjacent to an activating group) is 1. The van der Waals surface area contributed by atoms with E-state index in [0.717, 1.165) is 43.7 Å². The third kappa shape index (κ3) is 2.88. The van der Waals surface area contributed by atoms with Crippen molar-refractivity contribution in [1.82, 2.24) is 10.2 Å². The minimum atomic E-state index is 0.0374. The highest BCUT2D eigenvalue weighted by atomic mass is 16.2. The van der Waals surface area contributed by atoms with E-state index in [1.807, 2.05) is 7.05 Å². The number of nitrogens with zero attached hydrogens (tertiary/aromatic N) is 1. The molecule has 2 saturated carbocycles. The molecule has 4 atom stereocenters. The van der Waals surface area contributed by atoms with Crippen LogP contribution in [0.2, 0.25) is 0 Å². The van der Waals surface area contributed by atoms with Crippen molar-refractivity contribution in [2.45, 2.75) is 58.4 Å². The zero-order valence-corrected chi connectivity index (χ0v) is 13.3. The van der Waals surface area contributed by atoms with Gasteiger partial charge in [0.2, 0.25) is 5.91 Å². The number of nitrogens with one attached hydrogen (secondary N) is 1. The summed E-state index contributed by atoms with van der Waals surface area (Å²) in [5.41, 5.74) is 0.263. The molecule has 114 valence electrons. The van der Waals surface area contributed by atoms with Gasteiger partial charge in [-0.05, 0) is 55.9 Å². The van der Waals surface area contributed by atoms with E-state index < -0.39 is 0 Å².